The maximum atomic E-state index is 13.9. The summed E-state index contributed by atoms with van der Waals surface area (Å²) in [4.78, 5) is 4.24. The summed E-state index contributed by atoms with van der Waals surface area (Å²) >= 11 is 1.96. The quantitative estimate of drug-likeness (QED) is 0.695. The second-order valence-electron chi connectivity index (χ2n) is 3.53. The van der Waals surface area contributed by atoms with Crippen LogP contribution in [0.4, 0.5) is 4.39 Å². The number of benzene rings is 1. The van der Waals surface area contributed by atoms with E-state index in [1.54, 1.807) is 12.3 Å². The Morgan fingerprint density at radius 1 is 1.44 bits per heavy atom. The van der Waals surface area contributed by atoms with Gasteiger partial charge in [0.05, 0.1) is 15.7 Å². The van der Waals surface area contributed by atoms with Gasteiger partial charge in [-0.2, -0.15) is 0 Å². The van der Waals surface area contributed by atoms with Crippen LogP contribution in [-0.2, 0) is 6.54 Å². The first kappa shape index (κ1) is 10.1. The molecule has 82 valence electrons. The number of aromatic nitrogens is 2. The van der Waals surface area contributed by atoms with Gasteiger partial charge in [0.25, 0.3) is 0 Å². The number of fused-ring (bicyclic) bond motifs is 3. The van der Waals surface area contributed by atoms with E-state index in [0.29, 0.717) is 22.5 Å². The Hall–Kier alpha value is -1.11. The van der Waals surface area contributed by atoms with E-state index in [-0.39, 0.29) is 5.82 Å². The molecule has 0 aliphatic carbocycles. The summed E-state index contributed by atoms with van der Waals surface area (Å²) < 4.78 is 21.9. The van der Waals surface area contributed by atoms with Crippen molar-refractivity contribution in [3.8, 4) is 17.1 Å². The van der Waals surface area contributed by atoms with Crippen LogP contribution in [0.5, 0.6) is 5.75 Å². The van der Waals surface area contributed by atoms with Crippen LogP contribution >= 0.6 is 22.6 Å². The molecule has 5 heteroatoms. The van der Waals surface area contributed by atoms with Crippen molar-refractivity contribution in [1.29, 1.82) is 0 Å². The van der Waals surface area contributed by atoms with Crippen LogP contribution in [0, 0.1) is 9.39 Å². The fraction of sp³-hybridized carbons (Fsp3) is 0.182. The van der Waals surface area contributed by atoms with Crippen molar-refractivity contribution in [1.82, 2.24) is 9.55 Å². The molecular weight excluding hydrogens is 322 g/mol. The van der Waals surface area contributed by atoms with Gasteiger partial charge < -0.3 is 9.30 Å². The molecule has 1 aromatic carbocycles. The summed E-state index contributed by atoms with van der Waals surface area (Å²) in [6.45, 7) is 1.16. The topological polar surface area (TPSA) is 27.1 Å². The minimum atomic E-state index is -0.297. The highest BCUT2D eigenvalue weighted by Crippen LogP contribution is 2.35. The largest absolute Gasteiger partial charge is 0.488 e. The van der Waals surface area contributed by atoms with Crippen molar-refractivity contribution in [2.75, 3.05) is 6.61 Å². The molecule has 1 aliphatic rings. The Morgan fingerprint density at radius 2 is 2.31 bits per heavy atom. The summed E-state index contributed by atoms with van der Waals surface area (Å²) in [5.41, 5.74) is 0.723. The number of rotatable bonds is 0. The van der Waals surface area contributed by atoms with Crippen molar-refractivity contribution < 1.29 is 9.13 Å². The zero-order valence-electron chi connectivity index (χ0n) is 8.28. The van der Waals surface area contributed by atoms with E-state index in [0.717, 1.165) is 11.4 Å². The summed E-state index contributed by atoms with van der Waals surface area (Å²) in [5.74, 6) is 0.786. The highest BCUT2D eigenvalue weighted by Gasteiger charge is 2.20. The molecule has 3 nitrogen and oxygen atoms in total. The molecule has 0 saturated heterocycles. The Kier molecular flexibility index (Phi) is 2.34. The maximum absolute atomic E-state index is 13.9. The number of hydrogen-bond donors (Lipinski definition) is 0. The SMILES string of the molecule is Fc1c(I)ccc2c1OCCn1ccnc1-2. The van der Waals surface area contributed by atoms with Crippen molar-refractivity contribution in [3.05, 3.63) is 33.9 Å². The Morgan fingerprint density at radius 3 is 3.19 bits per heavy atom. The third kappa shape index (κ3) is 1.41. The first-order valence-corrected chi connectivity index (χ1v) is 5.97. The highest BCUT2D eigenvalue weighted by atomic mass is 127. The molecule has 0 saturated carbocycles. The van der Waals surface area contributed by atoms with E-state index in [2.05, 4.69) is 4.98 Å². The third-order valence-electron chi connectivity index (χ3n) is 2.58. The first-order valence-electron chi connectivity index (χ1n) is 4.89. The normalized spacial score (nSPS) is 13.6. The average molecular weight is 330 g/mol. The molecule has 0 amide bonds. The molecule has 16 heavy (non-hydrogen) atoms. The second-order valence-corrected chi connectivity index (χ2v) is 4.69. The van der Waals surface area contributed by atoms with Gasteiger partial charge in [0.2, 0.25) is 0 Å². The van der Waals surface area contributed by atoms with Gasteiger partial charge in [-0.1, -0.05) is 0 Å². The molecule has 0 radical (unpaired) electrons. The van der Waals surface area contributed by atoms with Crippen LogP contribution in [0.3, 0.4) is 0 Å². The fourth-order valence-corrected chi connectivity index (χ4v) is 2.25. The third-order valence-corrected chi connectivity index (χ3v) is 3.42. The minimum absolute atomic E-state index is 0.297. The minimum Gasteiger partial charge on any atom is -0.488 e. The Labute approximate surface area is 105 Å². The molecule has 1 aliphatic heterocycles. The lowest BCUT2D eigenvalue weighted by molar-refractivity contribution is 0.292. The van der Waals surface area contributed by atoms with Crippen LogP contribution < -0.4 is 4.74 Å². The first-order chi connectivity index (χ1) is 7.77. The number of hydrogen-bond acceptors (Lipinski definition) is 2. The maximum Gasteiger partial charge on any atom is 0.179 e. The molecule has 0 spiro atoms. The van der Waals surface area contributed by atoms with E-state index < -0.39 is 0 Å². The van der Waals surface area contributed by atoms with Crippen molar-refractivity contribution >= 4 is 22.6 Å². The van der Waals surface area contributed by atoms with Gasteiger partial charge in [-0.25, -0.2) is 9.37 Å². The standard InChI is InChI=1S/C11H8FIN2O/c12-9-8(13)2-1-7-10(9)16-6-5-15-4-3-14-11(7)15/h1-4H,5-6H2. The van der Waals surface area contributed by atoms with Gasteiger partial charge in [0, 0.05) is 12.4 Å². The van der Waals surface area contributed by atoms with Gasteiger partial charge in [-0.15, -0.1) is 0 Å². The zero-order valence-corrected chi connectivity index (χ0v) is 10.4. The van der Waals surface area contributed by atoms with Crippen LogP contribution in [0.1, 0.15) is 0 Å². The Bertz CT molecular complexity index is 553. The summed E-state index contributed by atoms with van der Waals surface area (Å²) in [6.07, 6.45) is 3.60. The van der Waals surface area contributed by atoms with E-state index in [4.69, 9.17) is 4.74 Å². The lowest BCUT2D eigenvalue weighted by Gasteiger charge is -2.08. The number of imidazole rings is 1. The van der Waals surface area contributed by atoms with Gasteiger partial charge in [0.1, 0.15) is 12.4 Å². The van der Waals surface area contributed by atoms with Crippen LogP contribution in [0.2, 0.25) is 0 Å². The molecule has 0 unspecified atom stereocenters. The van der Waals surface area contributed by atoms with E-state index in [1.807, 2.05) is 39.4 Å². The number of nitrogens with zero attached hydrogens (tertiary/aromatic N) is 2. The lowest BCUT2D eigenvalue weighted by Crippen LogP contribution is -2.04. The van der Waals surface area contributed by atoms with Gasteiger partial charge in [-0.3, -0.25) is 0 Å². The molecule has 1 aromatic heterocycles. The smallest absolute Gasteiger partial charge is 0.179 e. The molecule has 0 fully saturated rings. The summed E-state index contributed by atoms with van der Waals surface area (Å²) in [5, 5.41) is 0. The fourth-order valence-electron chi connectivity index (χ4n) is 1.83. The van der Waals surface area contributed by atoms with Gasteiger partial charge in [-0.05, 0) is 34.7 Å². The van der Waals surface area contributed by atoms with Gasteiger partial charge >= 0.3 is 0 Å². The molecule has 0 atom stereocenters. The molecule has 3 rings (SSSR count). The van der Waals surface area contributed by atoms with Crippen molar-refractivity contribution in [2.24, 2.45) is 0 Å². The number of halogens is 2. The predicted molar refractivity (Wildman–Crippen MR) is 65.8 cm³/mol. The van der Waals surface area contributed by atoms with Crippen LogP contribution in [0.15, 0.2) is 24.5 Å². The van der Waals surface area contributed by atoms with Gasteiger partial charge in [0.15, 0.2) is 11.6 Å². The predicted octanol–water partition coefficient (Wildman–Crippen LogP) is 2.69. The summed E-state index contributed by atoms with van der Waals surface area (Å²) in [6, 6.07) is 3.59. The van der Waals surface area contributed by atoms with E-state index in [1.165, 1.54) is 0 Å². The highest BCUT2D eigenvalue weighted by molar-refractivity contribution is 14.1. The molecule has 0 N–H and O–H groups in total. The van der Waals surface area contributed by atoms with E-state index in [9.17, 15) is 4.39 Å². The molecule has 0 bridgehead atoms. The average Bonchev–Trinajstić information content (AvgIpc) is 2.66. The van der Waals surface area contributed by atoms with E-state index >= 15 is 0 Å². The number of ether oxygens (including phenoxy) is 1. The second kappa shape index (κ2) is 3.73. The van der Waals surface area contributed by atoms with Crippen LogP contribution in [0.25, 0.3) is 11.4 Å². The van der Waals surface area contributed by atoms with Crippen molar-refractivity contribution in [2.45, 2.75) is 6.54 Å². The zero-order chi connectivity index (χ0) is 11.1. The summed E-state index contributed by atoms with van der Waals surface area (Å²) in [7, 11) is 0. The van der Waals surface area contributed by atoms with Crippen molar-refractivity contribution in [3.63, 3.8) is 0 Å². The Balaban J connectivity index is 2.29. The lowest BCUT2D eigenvalue weighted by atomic mass is 10.2. The van der Waals surface area contributed by atoms with Crippen LogP contribution in [-0.4, -0.2) is 16.2 Å². The molecular formula is C11H8FIN2O. The molecule has 2 heterocycles. The molecule has 2 aromatic rings. The monoisotopic (exact) mass is 330 g/mol.